The predicted molar refractivity (Wildman–Crippen MR) is 132 cm³/mol. The molecule has 0 atom stereocenters. The van der Waals surface area contributed by atoms with Crippen LogP contribution in [-0.4, -0.2) is 35.1 Å². The zero-order valence-corrected chi connectivity index (χ0v) is 19.1. The quantitative estimate of drug-likeness (QED) is 0.270. The van der Waals surface area contributed by atoms with Gasteiger partial charge in [0.2, 0.25) is 0 Å². The molecule has 0 unspecified atom stereocenters. The van der Waals surface area contributed by atoms with Crippen molar-refractivity contribution in [1.29, 1.82) is 0 Å². The molecule has 3 heterocycles. The van der Waals surface area contributed by atoms with E-state index in [9.17, 15) is 4.79 Å². The minimum Gasteiger partial charge on any atom is -0.306 e. The molecule has 5 aromatic rings. The molecular formula is C25H24N6OS. The van der Waals surface area contributed by atoms with E-state index in [-0.39, 0.29) is 5.69 Å². The first kappa shape index (κ1) is 21.2. The minimum atomic E-state index is -0.0691. The molecule has 0 aliphatic carbocycles. The molecule has 0 amide bonds. The maximum absolute atomic E-state index is 12.3. The lowest BCUT2D eigenvalue weighted by atomic mass is 10.1. The van der Waals surface area contributed by atoms with Crippen LogP contribution in [0.25, 0.3) is 28.1 Å². The average Bonchev–Trinajstić information content (AvgIpc) is 3.43. The molecule has 166 valence electrons. The monoisotopic (exact) mass is 456 g/mol. The molecule has 1 N–H and O–H groups in total. The Bertz CT molecular complexity index is 1420. The van der Waals surface area contributed by atoms with Gasteiger partial charge in [0.1, 0.15) is 0 Å². The van der Waals surface area contributed by atoms with Crippen molar-refractivity contribution in [3.05, 3.63) is 89.1 Å². The second-order valence-corrected chi connectivity index (χ2v) is 8.76. The third-order valence-electron chi connectivity index (χ3n) is 5.61. The fourth-order valence-electron chi connectivity index (χ4n) is 3.88. The number of nitrogens with zero attached hydrogens (tertiary/aromatic N) is 5. The van der Waals surface area contributed by atoms with Crippen LogP contribution < -0.4 is 5.69 Å². The van der Waals surface area contributed by atoms with Crippen LogP contribution in [-0.2, 0) is 13.0 Å². The molecule has 0 radical (unpaired) electrons. The van der Waals surface area contributed by atoms with Crippen molar-refractivity contribution in [3.8, 4) is 17.1 Å². The van der Waals surface area contributed by atoms with Gasteiger partial charge in [-0.15, -0.1) is 10.2 Å². The van der Waals surface area contributed by atoms with E-state index >= 15 is 0 Å². The number of benzene rings is 2. The second kappa shape index (κ2) is 9.46. The van der Waals surface area contributed by atoms with Gasteiger partial charge in [-0.25, -0.2) is 4.79 Å². The van der Waals surface area contributed by atoms with Gasteiger partial charge in [-0.2, -0.15) is 0 Å². The van der Waals surface area contributed by atoms with E-state index in [0.29, 0.717) is 6.54 Å². The molecule has 2 aromatic carbocycles. The van der Waals surface area contributed by atoms with Gasteiger partial charge < -0.3 is 4.98 Å². The molecule has 0 spiro atoms. The molecule has 3 aromatic heterocycles. The molecule has 0 bridgehead atoms. The summed E-state index contributed by atoms with van der Waals surface area (Å²) in [6, 6.07) is 20.2. The molecule has 5 rings (SSSR count). The summed E-state index contributed by atoms with van der Waals surface area (Å²) in [5.74, 6) is 1.60. The lowest BCUT2D eigenvalue weighted by Gasteiger charge is -2.11. The van der Waals surface area contributed by atoms with Crippen molar-refractivity contribution >= 4 is 22.8 Å². The highest BCUT2D eigenvalue weighted by atomic mass is 32.2. The van der Waals surface area contributed by atoms with Gasteiger partial charge in [-0.05, 0) is 54.8 Å². The Morgan fingerprint density at radius 1 is 0.970 bits per heavy atom. The summed E-state index contributed by atoms with van der Waals surface area (Å²) in [5, 5.41) is 9.82. The van der Waals surface area contributed by atoms with Crippen LogP contribution in [0.15, 0.2) is 83.0 Å². The van der Waals surface area contributed by atoms with E-state index in [1.165, 1.54) is 5.56 Å². The van der Waals surface area contributed by atoms with Crippen molar-refractivity contribution in [1.82, 2.24) is 29.3 Å². The molecule has 0 aliphatic heterocycles. The number of imidazole rings is 1. The van der Waals surface area contributed by atoms with Crippen molar-refractivity contribution in [2.75, 3.05) is 5.75 Å². The number of para-hydroxylation sites is 2. The number of hydrogen-bond donors (Lipinski definition) is 1. The number of hydrogen-bond acceptors (Lipinski definition) is 5. The van der Waals surface area contributed by atoms with Crippen LogP contribution in [0, 0.1) is 0 Å². The van der Waals surface area contributed by atoms with Gasteiger partial charge in [0, 0.05) is 35.9 Å². The summed E-state index contributed by atoms with van der Waals surface area (Å²) in [6.45, 7) is 2.79. The largest absolute Gasteiger partial charge is 0.326 e. The number of thioether (sulfide) groups is 1. The molecule has 0 fully saturated rings. The number of aromatic nitrogens is 6. The Hall–Kier alpha value is -3.65. The lowest BCUT2D eigenvalue weighted by Crippen LogP contribution is -2.17. The Balaban J connectivity index is 1.38. The first-order valence-electron chi connectivity index (χ1n) is 11.0. The summed E-state index contributed by atoms with van der Waals surface area (Å²) < 4.78 is 3.89. The number of aromatic amines is 1. The molecule has 33 heavy (non-hydrogen) atoms. The maximum Gasteiger partial charge on any atom is 0.326 e. The van der Waals surface area contributed by atoms with Gasteiger partial charge in [0.15, 0.2) is 11.0 Å². The zero-order valence-electron chi connectivity index (χ0n) is 18.3. The highest BCUT2D eigenvalue weighted by Gasteiger charge is 2.16. The number of nitrogens with one attached hydrogen (secondary N) is 1. The second-order valence-electron chi connectivity index (χ2n) is 7.70. The maximum atomic E-state index is 12.3. The zero-order chi connectivity index (χ0) is 22.6. The van der Waals surface area contributed by atoms with E-state index in [1.54, 1.807) is 28.7 Å². The van der Waals surface area contributed by atoms with Crippen LogP contribution in [0.4, 0.5) is 0 Å². The Kier molecular flexibility index (Phi) is 6.08. The lowest BCUT2D eigenvalue weighted by molar-refractivity contribution is 0.678. The molecule has 7 nitrogen and oxygen atoms in total. The Morgan fingerprint density at radius 3 is 2.55 bits per heavy atom. The molecule has 8 heteroatoms. The highest BCUT2D eigenvalue weighted by molar-refractivity contribution is 7.99. The number of pyridine rings is 1. The topological polar surface area (TPSA) is 81.4 Å². The average molecular weight is 457 g/mol. The van der Waals surface area contributed by atoms with Crippen LogP contribution in [0.3, 0.4) is 0 Å². The minimum absolute atomic E-state index is 0.0691. The standard InChI is InChI=1S/C25H24N6OS/c1-2-18-8-10-20(11-9-18)31-23(19-12-14-26-15-13-19)28-29-25(31)33-17-5-16-30-22-7-4-3-6-21(22)27-24(30)32/h3-4,6-15H,2,5,16-17H2,1H3,(H,27,32). The van der Waals surface area contributed by atoms with Crippen molar-refractivity contribution in [3.63, 3.8) is 0 Å². The number of fused-ring (bicyclic) bond motifs is 1. The summed E-state index contributed by atoms with van der Waals surface area (Å²) in [7, 11) is 0. The summed E-state index contributed by atoms with van der Waals surface area (Å²) in [4.78, 5) is 19.4. The van der Waals surface area contributed by atoms with Gasteiger partial charge in [-0.3, -0.25) is 14.1 Å². The van der Waals surface area contributed by atoms with E-state index in [4.69, 9.17) is 0 Å². The molecule has 0 saturated heterocycles. The normalized spacial score (nSPS) is 11.3. The van der Waals surface area contributed by atoms with Crippen molar-refractivity contribution in [2.45, 2.75) is 31.5 Å². The Labute approximate surface area is 195 Å². The third kappa shape index (κ3) is 4.34. The molecule has 0 aliphatic rings. The SMILES string of the molecule is CCc1ccc(-n2c(SCCCn3c(=O)[nH]c4ccccc43)nnc2-c2ccncc2)cc1. The number of rotatable bonds is 8. The van der Waals surface area contributed by atoms with Crippen LogP contribution in [0.2, 0.25) is 0 Å². The van der Waals surface area contributed by atoms with Gasteiger partial charge >= 0.3 is 5.69 Å². The van der Waals surface area contributed by atoms with Crippen molar-refractivity contribution < 1.29 is 0 Å². The highest BCUT2D eigenvalue weighted by Crippen LogP contribution is 2.28. The van der Waals surface area contributed by atoms with E-state index < -0.39 is 0 Å². The third-order valence-corrected chi connectivity index (χ3v) is 6.63. The summed E-state index contributed by atoms with van der Waals surface area (Å²) >= 11 is 1.65. The number of H-pyrrole nitrogens is 1. The van der Waals surface area contributed by atoms with E-state index in [1.807, 2.05) is 36.4 Å². The number of aryl methyl sites for hydroxylation is 2. The predicted octanol–water partition coefficient (Wildman–Crippen LogP) is 4.72. The van der Waals surface area contributed by atoms with Crippen LogP contribution in [0.5, 0.6) is 0 Å². The molecule has 0 saturated carbocycles. The van der Waals surface area contributed by atoms with Crippen LogP contribution >= 0.6 is 11.8 Å². The van der Waals surface area contributed by atoms with Gasteiger partial charge in [0.25, 0.3) is 0 Å². The van der Waals surface area contributed by atoms with E-state index in [0.717, 1.165) is 51.9 Å². The van der Waals surface area contributed by atoms with Crippen LogP contribution in [0.1, 0.15) is 18.9 Å². The first-order chi connectivity index (χ1) is 16.2. The fraction of sp³-hybridized carbons (Fsp3) is 0.200. The summed E-state index contributed by atoms with van der Waals surface area (Å²) in [6.07, 6.45) is 5.35. The summed E-state index contributed by atoms with van der Waals surface area (Å²) in [5.41, 5.74) is 5.02. The smallest absolute Gasteiger partial charge is 0.306 e. The van der Waals surface area contributed by atoms with Gasteiger partial charge in [0.05, 0.1) is 11.0 Å². The van der Waals surface area contributed by atoms with E-state index in [2.05, 4.69) is 55.9 Å². The van der Waals surface area contributed by atoms with Crippen molar-refractivity contribution in [2.24, 2.45) is 0 Å². The van der Waals surface area contributed by atoms with Gasteiger partial charge in [-0.1, -0.05) is 43.0 Å². The molecular weight excluding hydrogens is 432 g/mol. The Morgan fingerprint density at radius 2 is 1.76 bits per heavy atom. The first-order valence-corrected chi connectivity index (χ1v) is 12.0. The fourth-order valence-corrected chi connectivity index (χ4v) is 4.76.